The molecule has 1 fully saturated rings. The lowest BCUT2D eigenvalue weighted by atomic mass is 9.95. The third kappa shape index (κ3) is 4.54. The molecule has 0 bridgehead atoms. The molecule has 0 saturated carbocycles. The Kier molecular flexibility index (Phi) is 5.31. The smallest absolute Gasteiger partial charge is 0.335 e. The van der Waals surface area contributed by atoms with Gasteiger partial charge in [0, 0.05) is 30.3 Å². The number of carbonyl (C=O) groups is 2. The topological polar surface area (TPSA) is 70.5 Å². The van der Waals surface area contributed by atoms with Crippen molar-refractivity contribution >= 4 is 11.9 Å². The fourth-order valence-electron chi connectivity index (χ4n) is 3.49. The van der Waals surface area contributed by atoms with E-state index in [1.54, 1.807) is 24.3 Å². The Labute approximate surface area is 160 Å². The van der Waals surface area contributed by atoms with E-state index < -0.39 is 5.97 Å². The zero-order chi connectivity index (χ0) is 19.6. The summed E-state index contributed by atoms with van der Waals surface area (Å²) in [6.45, 7) is 7.55. The van der Waals surface area contributed by atoms with Crippen LogP contribution in [-0.4, -0.2) is 40.0 Å². The summed E-state index contributed by atoms with van der Waals surface area (Å²) >= 11 is 0. The third-order valence-electron chi connectivity index (χ3n) is 4.99. The SMILES string of the molecule is CC(C)(C)C(=O)N1CC[C@H](Cc2ccc(-c3ccc(C(=O)O)cc3)nc2)C1. The van der Waals surface area contributed by atoms with Crippen LogP contribution in [0.15, 0.2) is 42.6 Å². The van der Waals surface area contributed by atoms with Gasteiger partial charge >= 0.3 is 5.97 Å². The maximum Gasteiger partial charge on any atom is 0.335 e. The van der Waals surface area contributed by atoms with E-state index in [0.29, 0.717) is 5.92 Å². The van der Waals surface area contributed by atoms with Gasteiger partial charge in [-0.05, 0) is 42.5 Å². The van der Waals surface area contributed by atoms with Gasteiger partial charge in [-0.3, -0.25) is 9.78 Å². The summed E-state index contributed by atoms with van der Waals surface area (Å²) in [5.41, 5.74) is 2.83. The molecule has 27 heavy (non-hydrogen) atoms. The molecule has 0 unspecified atom stereocenters. The summed E-state index contributed by atoms with van der Waals surface area (Å²) in [4.78, 5) is 29.9. The van der Waals surface area contributed by atoms with Crippen LogP contribution < -0.4 is 0 Å². The van der Waals surface area contributed by atoms with Crippen molar-refractivity contribution in [3.8, 4) is 11.3 Å². The molecule has 0 aliphatic carbocycles. The number of nitrogens with zero attached hydrogens (tertiary/aromatic N) is 2. The Morgan fingerprint density at radius 1 is 1.15 bits per heavy atom. The lowest BCUT2D eigenvalue weighted by Crippen LogP contribution is -2.38. The van der Waals surface area contributed by atoms with E-state index in [1.165, 1.54) is 0 Å². The van der Waals surface area contributed by atoms with E-state index in [4.69, 9.17) is 5.11 Å². The summed E-state index contributed by atoms with van der Waals surface area (Å²) in [6.07, 6.45) is 3.83. The van der Waals surface area contributed by atoms with Crippen molar-refractivity contribution in [1.82, 2.24) is 9.88 Å². The van der Waals surface area contributed by atoms with Crippen LogP contribution in [0.25, 0.3) is 11.3 Å². The van der Waals surface area contributed by atoms with Crippen molar-refractivity contribution in [2.45, 2.75) is 33.6 Å². The minimum Gasteiger partial charge on any atom is -0.478 e. The second-order valence-corrected chi connectivity index (χ2v) is 8.29. The minimum absolute atomic E-state index is 0.225. The summed E-state index contributed by atoms with van der Waals surface area (Å²) in [5.74, 6) is -0.234. The van der Waals surface area contributed by atoms with Crippen LogP contribution in [0.1, 0.15) is 43.1 Å². The zero-order valence-corrected chi connectivity index (χ0v) is 16.1. The first-order chi connectivity index (χ1) is 12.7. The van der Waals surface area contributed by atoms with Crippen molar-refractivity contribution < 1.29 is 14.7 Å². The first kappa shape index (κ1) is 19.1. The van der Waals surface area contributed by atoms with Crippen LogP contribution >= 0.6 is 0 Å². The molecular formula is C22H26N2O3. The summed E-state index contributed by atoms with van der Waals surface area (Å²) in [5, 5.41) is 8.98. The zero-order valence-electron chi connectivity index (χ0n) is 16.1. The van der Waals surface area contributed by atoms with Gasteiger partial charge in [0.25, 0.3) is 0 Å². The highest BCUT2D eigenvalue weighted by Crippen LogP contribution is 2.26. The van der Waals surface area contributed by atoms with Crippen molar-refractivity contribution in [3.63, 3.8) is 0 Å². The Morgan fingerprint density at radius 3 is 2.41 bits per heavy atom. The molecule has 1 N–H and O–H groups in total. The van der Waals surface area contributed by atoms with Crippen molar-refractivity contribution in [2.75, 3.05) is 13.1 Å². The number of likely N-dealkylation sites (tertiary alicyclic amines) is 1. The molecule has 1 atom stereocenters. The molecule has 1 aliphatic heterocycles. The quantitative estimate of drug-likeness (QED) is 0.891. The number of hydrogen-bond acceptors (Lipinski definition) is 3. The molecule has 1 aromatic carbocycles. The number of benzene rings is 1. The number of rotatable bonds is 4. The normalized spacial score (nSPS) is 17.1. The predicted molar refractivity (Wildman–Crippen MR) is 104 cm³/mol. The number of carboxylic acids is 1. The van der Waals surface area contributed by atoms with Crippen LogP contribution in [0.3, 0.4) is 0 Å². The molecule has 1 aromatic heterocycles. The van der Waals surface area contributed by atoms with Gasteiger partial charge in [-0.25, -0.2) is 4.79 Å². The lowest BCUT2D eigenvalue weighted by molar-refractivity contribution is -0.138. The van der Waals surface area contributed by atoms with E-state index in [2.05, 4.69) is 11.1 Å². The molecule has 5 heteroatoms. The van der Waals surface area contributed by atoms with Gasteiger partial charge in [0.1, 0.15) is 0 Å². The van der Waals surface area contributed by atoms with E-state index in [-0.39, 0.29) is 16.9 Å². The molecule has 1 aliphatic rings. The molecule has 0 spiro atoms. The third-order valence-corrected chi connectivity index (χ3v) is 4.99. The molecule has 2 aromatic rings. The van der Waals surface area contributed by atoms with Crippen molar-refractivity contribution in [2.24, 2.45) is 11.3 Å². The van der Waals surface area contributed by atoms with Gasteiger partial charge in [-0.1, -0.05) is 39.0 Å². The first-order valence-electron chi connectivity index (χ1n) is 9.32. The Morgan fingerprint density at radius 2 is 1.85 bits per heavy atom. The number of carboxylic acid groups (broad SMARTS) is 1. The molecular weight excluding hydrogens is 340 g/mol. The number of hydrogen-bond donors (Lipinski definition) is 1. The summed E-state index contributed by atoms with van der Waals surface area (Å²) in [7, 11) is 0. The number of carbonyl (C=O) groups excluding carboxylic acids is 1. The maximum atomic E-state index is 12.4. The summed E-state index contributed by atoms with van der Waals surface area (Å²) < 4.78 is 0. The lowest BCUT2D eigenvalue weighted by Gasteiger charge is -2.25. The fraction of sp³-hybridized carbons (Fsp3) is 0.409. The molecule has 1 saturated heterocycles. The number of pyridine rings is 1. The highest BCUT2D eigenvalue weighted by Gasteiger charge is 2.32. The number of aromatic carboxylic acids is 1. The van der Waals surface area contributed by atoms with E-state index >= 15 is 0 Å². The molecule has 3 rings (SSSR count). The van der Waals surface area contributed by atoms with E-state index in [0.717, 1.165) is 42.8 Å². The highest BCUT2D eigenvalue weighted by molar-refractivity contribution is 5.88. The minimum atomic E-state index is -0.930. The van der Waals surface area contributed by atoms with Crippen LogP contribution in [0.4, 0.5) is 0 Å². The van der Waals surface area contributed by atoms with E-state index in [1.807, 2.05) is 37.9 Å². The first-order valence-corrected chi connectivity index (χ1v) is 9.32. The van der Waals surface area contributed by atoms with Crippen LogP contribution in [0, 0.1) is 11.3 Å². The number of amides is 1. The largest absolute Gasteiger partial charge is 0.478 e. The van der Waals surface area contributed by atoms with E-state index in [9.17, 15) is 9.59 Å². The molecule has 1 amide bonds. The molecule has 5 nitrogen and oxygen atoms in total. The van der Waals surface area contributed by atoms with Gasteiger partial charge in [-0.2, -0.15) is 0 Å². The maximum absolute atomic E-state index is 12.4. The number of aromatic nitrogens is 1. The molecule has 142 valence electrons. The predicted octanol–water partition coefficient (Wildman–Crippen LogP) is 3.88. The Hall–Kier alpha value is -2.69. The van der Waals surface area contributed by atoms with Crippen LogP contribution in [0.5, 0.6) is 0 Å². The standard InChI is InChI=1S/C22H26N2O3/c1-22(2,3)21(27)24-11-10-16(14-24)12-15-4-9-19(23-13-15)17-5-7-18(8-6-17)20(25)26/h4-9,13,16H,10-12,14H2,1-3H3,(H,25,26)/t16-/m1/s1. The van der Waals surface area contributed by atoms with Gasteiger partial charge in [-0.15, -0.1) is 0 Å². The monoisotopic (exact) mass is 366 g/mol. The fourth-order valence-corrected chi connectivity index (χ4v) is 3.49. The Balaban J connectivity index is 1.61. The average molecular weight is 366 g/mol. The molecule has 0 radical (unpaired) electrons. The van der Waals surface area contributed by atoms with Crippen molar-refractivity contribution in [3.05, 3.63) is 53.7 Å². The highest BCUT2D eigenvalue weighted by atomic mass is 16.4. The second-order valence-electron chi connectivity index (χ2n) is 8.29. The summed E-state index contributed by atoms with van der Waals surface area (Å²) in [6, 6.07) is 10.8. The molecule has 2 heterocycles. The van der Waals surface area contributed by atoms with Gasteiger partial charge in [0.2, 0.25) is 5.91 Å². The van der Waals surface area contributed by atoms with Gasteiger partial charge in [0.15, 0.2) is 0 Å². The average Bonchev–Trinajstić information content (AvgIpc) is 3.09. The second kappa shape index (κ2) is 7.51. The van der Waals surface area contributed by atoms with Crippen LogP contribution in [0.2, 0.25) is 0 Å². The van der Waals surface area contributed by atoms with Crippen molar-refractivity contribution in [1.29, 1.82) is 0 Å². The van der Waals surface area contributed by atoms with Gasteiger partial charge < -0.3 is 10.0 Å². The van der Waals surface area contributed by atoms with Gasteiger partial charge in [0.05, 0.1) is 11.3 Å². The van der Waals surface area contributed by atoms with Crippen LogP contribution in [-0.2, 0) is 11.2 Å². The Bertz CT molecular complexity index is 820.